The Morgan fingerprint density at radius 2 is 2.31 bits per heavy atom. The van der Waals surface area contributed by atoms with Gasteiger partial charge in [0.15, 0.2) is 6.29 Å². The van der Waals surface area contributed by atoms with Gasteiger partial charge in [-0.3, -0.25) is 0 Å². The highest BCUT2D eigenvalue weighted by Crippen LogP contribution is 2.45. The molecule has 2 heteroatoms. The van der Waals surface area contributed by atoms with E-state index in [0.29, 0.717) is 17.9 Å². The Hall–Kier alpha value is -0.340. The van der Waals surface area contributed by atoms with E-state index < -0.39 is 6.29 Å². The number of hydrogen-bond acceptors (Lipinski definition) is 2. The molecule has 1 aliphatic carbocycles. The Morgan fingerprint density at radius 1 is 1.54 bits per heavy atom. The molecule has 0 spiro atoms. The quantitative estimate of drug-likeness (QED) is 0.581. The van der Waals surface area contributed by atoms with Crippen LogP contribution in [0.15, 0.2) is 11.6 Å². The van der Waals surface area contributed by atoms with Crippen molar-refractivity contribution in [2.75, 3.05) is 6.61 Å². The highest BCUT2D eigenvalue weighted by atomic mass is 16.6. The maximum absolute atomic E-state index is 9.43. The molecule has 74 valence electrons. The van der Waals surface area contributed by atoms with Gasteiger partial charge in [-0.15, -0.1) is 0 Å². The molecule has 2 rings (SSSR count). The molecule has 2 atom stereocenters. The molecule has 1 fully saturated rings. The van der Waals surface area contributed by atoms with Crippen LogP contribution in [0, 0.1) is 11.3 Å². The minimum absolute atomic E-state index is 0.342. The Kier molecular flexibility index (Phi) is 2.20. The molecule has 0 aromatic heterocycles. The summed E-state index contributed by atoms with van der Waals surface area (Å²) in [5.41, 5.74) is 1.75. The van der Waals surface area contributed by atoms with E-state index in [1.807, 2.05) is 0 Å². The van der Waals surface area contributed by atoms with Gasteiger partial charge in [-0.05, 0) is 29.7 Å². The molecule has 2 aliphatic rings. The van der Waals surface area contributed by atoms with Crippen molar-refractivity contribution in [1.29, 1.82) is 0 Å². The molecule has 0 aromatic carbocycles. The molecule has 0 radical (unpaired) electrons. The van der Waals surface area contributed by atoms with E-state index in [9.17, 15) is 5.11 Å². The van der Waals surface area contributed by atoms with E-state index in [0.717, 1.165) is 12.8 Å². The third-order valence-corrected chi connectivity index (χ3v) is 3.47. The van der Waals surface area contributed by atoms with Crippen molar-refractivity contribution in [1.82, 2.24) is 0 Å². The third-order valence-electron chi connectivity index (χ3n) is 3.47. The van der Waals surface area contributed by atoms with Gasteiger partial charge in [0.25, 0.3) is 0 Å². The fraction of sp³-hybridized carbons (Fsp3) is 0.818. The largest absolute Gasteiger partial charge is 0.368 e. The predicted octanol–water partition coefficient (Wildman–Crippen LogP) is 2.09. The minimum Gasteiger partial charge on any atom is -0.368 e. The molecule has 1 N–H and O–H groups in total. The zero-order valence-electron chi connectivity index (χ0n) is 8.42. The second kappa shape index (κ2) is 3.10. The molecular formula is C11H18O2. The van der Waals surface area contributed by atoms with Crippen molar-refractivity contribution < 1.29 is 9.84 Å². The van der Waals surface area contributed by atoms with Crippen LogP contribution in [0.3, 0.4) is 0 Å². The molecule has 0 bridgehead atoms. The van der Waals surface area contributed by atoms with Gasteiger partial charge in [0.2, 0.25) is 0 Å². The van der Waals surface area contributed by atoms with Gasteiger partial charge < -0.3 is 9.84 Å². The minimum atomic E-state index is -0.542. The van der Waals surface area contributed by atoms with Crippen LogP contribution in [0.1, 0.15) is 33.1 Å². The summed E-state index contributed by atoms with van der Waals surface area (Å²) in [4.78, 5) is 0. The SMILES string of the molecule is CC1(C)CCC=C2CO[C@H](O)C[C@H]21. The second-order valence-electron chi connectivity index (χ2n) is 4.86. The van der Waals surface area contributed by atoms with Crippen LogP contribution >= 0.6 is 0 Å². The van der Waals surface area contributed by atoms with Crippen LogP contribution in [-0.4, -0.2) is 18.0 Å². The predicted molar refractivity (Wildman–Crippen MR) is 51.2 cm³/mol. The summed E-state index contributed by atoms with van der Waals surface area (Å²) in [6.45, 7) is 5.22. The molecule has 0 aromatic rings. The summed E-state index contributed by atoms with van der Waals surface area (Å²) in [5.74, 6) is 0.532. The Labute approximate surface area is 79.6 Å². The van der Waals surface area contributed by atoms with Gasteiger partial charge in [-0.25, -0.2) is 0 Å². The lowest BCUT2D eigenvalue weighted by Crippen LogP contribution is -2.38. The normalized spacial score (nSPS) is 37.9. The zero-order chi connectivity index (χ0) is 9.47. The smallest absolute Gasteiger partial charge is 0.155 e. The average Bonchev–Trinajstić information content (AvgIpc) is 2.06. The monoisotopic (exact) mass is 182 g/mol. The first-order valence-corrected chi connectivity index (χ1v) is 5.08. The third kappa shape index (κ3) is 1.65. The second-order valence-corrected chi connectivity index (χ2v) is 4.86. The van der Waals surface area contributed by atoms with Gasteiger partial charge in [0.1, 0.15) is 0 Å². The molecule has 0 saturated carbocycles. The number of fused-ring (bicyclic) bond motifs is 1. The number of rotatable bonds is 0. The van der Waals surface area contributed by atoms with Gasteiger partial charge >= 0.3 is 0 Å². The van der Waals surface area contributed by atoms with Crippen LogP contribution < -0.4 is 0 Å². The lowest BCUT2D eigenvalue weighted by atomic mass is 9.66. The molecule has 13 heavy (non-hydrogen) atoms. The first kappa shape index (κ1) is 9.22. The summed E-state index contributed by atoms with van der Waals surface area (Å²) >= 11 is 0. The van der Waals surface area contributed by atoms with E-state index in [4.69, 9.17) is 4.74 Å². The van der Waals surface area contributed by atoms with Crippen LogP contribution in [0.2, 0.25) is 0 Å². The fourth-order valence-corrected chi connectivity index (χ4v) is 2.54. The Bertz CT molecular complexity index is 230. The Morgan fingerprint density at radius 3 is 3.08 bits per heavy atom. The summed E-state index contributed by atoms with van der Waals surface area (Å²) in [6, 6.07) is 0. The first-order valence-electron chi connectivity index (χ1n) is 5.08. The van der Waals surface area contributed by atoms with Crippen molar-refractivity contribution in [3.05, 3.63) is 11.6 Å². The molecule has 0 unspecified atom stereocenters. The molecular weight excluding hydrogens is 164 g/mol. The number of aliphatic hydroxyl groups is 1. The van der Waals surface area contributed by atoms with Crippen molar-refractivity contribution in [2.24, 2.45) is 11.3 Å². The summed E-state index contributed by atoms with van der Waals surface area (Å²) < 4.78 is 5.23. The average molecular weight is 182 g/mol. The van der Waals surface area contributed by atoms with Crippen LogP contribution in [0.5, 0.6) is 0 Å². The topological polar surface area (TPSA) is 29.5 Å². The van der Waals surface area contributed by atoms with Crippen molar-refractivity contribution in [3.8, 4) is 0 Å². The van der Waals surface area contributed by atoms with E-state index in [1.165, 1.54) is 12.0 Å². The van der Waals surface area contributed by atoms with Crippen molar-refractivity contribution in [3.63, 3.8) is 0 Å². The molecule has 1 heterocycles. The maximum atomic E-state index is 9.43. The van der Waals surface area contributed by atoms with Crippen molar-refractivity contribution in [2.45, 2.75) is 39.4 Å². The molecule has 2 nitrogen and oxygen atoms in total. The van der Waals surface area contributed by atoms with Gasteiger partial charge in [-0.2, -0.15) is 0 Å². The standard InChI is InChI=1S/C11H18O2/c1-11(2)5-3-4-8-7-13-10(12)6-9(8)11/h4,9-10,12H,3,5-7H2,1-2H3/t9-,10+/m1/s1. The number of allylic oxidation sites excluding steroid dienone is 1. The van der Waals surface area contributed by atoms with E-state index in [2.05, 4.69) is 19.9 Å². The lowest BCUT2D eigenvalue weighted by molar-refractivity contribution is -0.132. The molecule has 0 amide bonds. The van der Waals surface area contributed by atoms with Gasteiger partial charge in [0, 0.05) is 6.42 Å². The van der Waals surface area contributed by atoms with Gasteiger partial charge in [0.05, 0.1) is 6.61 Å². The highest BCUT2D eigenvalue weighted by molar-refractivity contribution is 5.16. The van der Waals surface area contributed by atoms with E-state index >= 15 is 0 Å². The summed E-state index contributed by atoms with van der Waals surface area (Å²) in [5, 5.41) is 9.43. The summed E-state index contributed by atoms with van der Waals surface area (Å²) in [6.07, 6.45) is 4.92. The fourth-order valence-electron chi connectivity index (χ4n) is 2.54. The number of hydrogen-bond donors (Lipinski definition) is 1. The lowest BCUT2D eigenvalue weighted by Gasteiger charge is -2.43. The first-order chi connectivity index (χ1) is 6.09. The number of ether oxygens (including phenoxy) is 1. The summed E-state index contributed by atoms with van der Waals surface area (Å²) in [7, 11) is 0. The highest BCUT2D eigenvalue weighted by Gasteiger charge is 2.38. The van der Waals surface area contributed by atoms with Gasteiger partial charge in [-0.1, -0.05) is 19.9 Å². The van der Waals surface area contributed by atoms with E-state index in [-0.39, 0.29) is 0 Å². The van der Waals surface area contributed by atoms with Crippen LogP contribution in [-0.2, 0) is 4.74 Å². The van der Waals surface area contributed by atoms with Crippen LogP contribution in [0.4, 0.5) is 0 Å². The van der Waals surface area contributed by atoms with Crippen molar-refractivity contribution >= 4 is 0 Å². The molecule has 1 aliphatic heterocycles. The Balaban J connectivity index is 2.20. The molecule has 1 saturated heterocycles. The van der Waals surface area contributed by atoms with Crippen LogP contribution in [0.25, 0.3) is 0 Å². The zero-order valence-corrected chi connectivity index (χ0v) is 8.42. The number of aliphatic hydroxyl groups excluding tert-OH is 1. The van der Waals surface area contributed by atoms with E-state index in [1.54, 1.807) is 0 Å². The maximum Gasteiger partial charge on any atom is 0.155 e.